The van der Waals surface area contributed by atoms with Gasteiger partial charge < -0.3 is 9.47 Å². The van der Waals surface area contributed by atoms with Gasteiger partial charge in [-0.15, -0.1) is 11.3 Å². The third-order valence-corrected chi connectivity index (χ3v) is 4.85. The number of fused-ring (bicyclic) bond motifs is 1. The van der Waals surface area contributed by atoms with Crippen LogP contribution in [0.3, 0.4) is 0 Å². The SMILES string of the molecule is O=C(Nc1ccc(F)nc1)OCCOc1cc2sc(Br)nc2c(Cl)c1F. The first-order valence-corrected chi connectivity index (χ1v) is 9.05. The van der Waals surface area contributed by atoms with E-state index < -0.39 is 17.9 Å². The molecule has 0 aliphatic rings. The van der Waals surface area contributed by atoms with Crippen molar-refractivity contribution in [1.29, 1.82) is 0 Å². The molecule has 11 heteroatoms. The summed E-state index contributed by atoms with van der Waals surface area (Å²) in [7, 11) is 0. The molecular formula is C15H9BrClF2N3O3S. The van der Waals surface area contributed by atoms with Gasteiger partial charge in [0.2, 0.25) is 5.95 Å². The number of hydrogen-bond donors (Lipinski definition) is 1. The number of pyridine rings is 1. The van der Waals surface area contributed by atoms with Crippen molar-refractivity contribution in [2.45, 2.75) is 0 Å². The smallest absolute Gasteiger partial charge is 0.411 e. The van der Waals surface area contributed by atoms with Crippen LogP contribution in [0.25, 0.3) is 10.2 Å². The molecule has 0 unspecified atom stereocenters. The van der Waals surface area contributed by atoms with Crippen molar-refractivity contribution < 1.29 is 23.0 Å². The van der Waals surface area contributed by atoms with Gasteiger partial charge in [0.15, 0.2) is 15.5 Å². The number of ether oxygens (including phenoxy) is 2. The standard InChI is InChI=1S/C15H9BrClF2N3O3S/c16-14-22-13-9(26-14)5-8(12(19)11(13)17)24-3-4-25-15(23)21-7-1-2-10(18)20-6-7/h1-2,5-6H,3-4H2,(H,21,23). The molecular weight excluding hydrogens is 456 g/mol. The van der Waals surface area contributed by atoms with E-state index in [1.165, 1.54) is 23.5 Å². The number of rotatable bonds is 5. The summed E-state index contributed by atoms with van der Waals surface area (Å²) in [6, 6.07) is 3.91. The van der Waals surface area contributed by atoms with Gasteiger partial charge >= 0.3 is 6.09 Å². The van der Waals surface area contributed by atoms with Crippen molar-refractivity contribution in [1.82, 2.24) is 9.97 Å². The molecule has 2 heterocycles. The zero-order valence-corrected chi connectivity index (χ0v) is 15.9. The van der Waals surface area contributed by atoms with Crippen LogP contribution in [0, 0.1) is 11.8 Å². The second-order valence-corrected chi connectivity index (χ2v) is 7.48. The topological polar surface area (TPSA) is 73.3 Å². The first kappa shape index (κ1) is 18.7. The Bertz CT molecular complexity index is 955. The van der Waals surface area contributed by atoms with Gasteiger partial charge in [0, 0.05) is 6.07 Å². The average Bonchev–Trinajstić information content (AvgIpc) is 2.98. The summed E-state index contributed by atoms with van der Waals surface area (Å²) in [5, 5.41) is 2.23. The quantitative estimate of drug-likeness (QED) is 0.424. The molecule has 1 aromatic carbocycles. The lowest BCUT2D eigenvalue weighted by Gasteiger charge is -2.10. The Kier molecular flexibility index (Phi) is 5.84. The number of aromatic nitrogens is 2. The van der Waals surface area contributed by atoms with Crippen LogP contribution in [0.4, 0.5) is 19.3 Å². The van der Waals surface area contributed by atoms with E-state index in [4.69, 9.17) is 21.1 Å². The minimum absolute atomic E-state index is 0.0645. The summed E-state index contributed by atoms with van der Waals surface area (Å²) < 4.78 is 38.3. The molecule has 136 valence electrons. The summed E-state index contributed by atoms with van der Waals surface area (Å²) in [6.07, 6.45) is 0.370. The first-order valence-electron chi connectivity index (χ1n) is 7.06. The maximum atomic E-state index is 14.2. The molecule has 0 atom stereocenters. The van der Waals surface area contributed by atoms with Crippen molar-refractivity contribution in [3.8, 4) is 5.75 Å². The summed E-state index contributed by atoms with van der Waals surface area (Å²) in [4.78, 5) is 19.1. The third kappa shape index (κ3) is 4.37. The Morgan fingerprint density at radius 1 is 1.35 bits per heavy atom. The zero-order valence-electron chi connectivity index (χ0n) is 12.8. The number of carbonyl (C=O) groups excluding carboxylic acids is 1. The van der Waals surface area contributed by atoms with Crippen molar-refractivity contribution in [3.63, 3.8) is 0 Å². The van der Waals surface area contributed by atoms with E-state index in [0.717, 1.165) is 12.3 Å². The van der Waals surface area contributed by atoms with Gasteiger partial charge in [-0.05, 0) is 28.1 Å². The van der Waals surface area contributed by atoms with E-state index in [1.54, 1.807) is 0 Å². The van der Waals surface area contributed by atoms with Crippen LogP contribution in [-0.2, 0) is 4.74 Å². The largest absolute Gasteiger partial charge is 0.487 e. The molecule has 0 bridgehead atoms. The molecule has 26 heavy (non-hydrogen) atoms. The molecule has 0 aliphatic heterocycles. The van der Waals surface area contributed by atoms with Gasteiger partial charge in [0.05, 0.1) is 16.6 Å². The van der Waals surface area contributed by atoms with Gasteiger partial charge in [0.1, 0.15) is 23.8 Å². The molecule has 0 spiro atoms. The maximum absolute atomic E-state index is 14.2. The number of carbonyl (C=O) groups is 1. The van der Waals surface area contributed by atoms with Gasteiger partial charge in [-0.2, -0.15) is 4.39 Å². The summed E-state index contributed by atoms with van der Waals surface area (Å²) in [5.74, 6) is -1.47. The van der Waals surface area contributed by atoms with E-state index in [-0.39, 0.29) is 29.7 Å². The van der Waals surface area contributed by atoms with Crippen molar-refractivity contribution in [2.24, 2.45) is 0 Å². The Morgan fingerprint density at radius 3 is 2.88 bits per heavy atom. The highest BCUT2D eigenvalue weighted by atomic mass is 79.9. The Labute approximate surface area is 163 Å². The number of nitrogens with one attached hydrogen (secondary N) is 1. The highest BCUT2D eigenvalue weighted by Crippen LogP contribution is 2.37. The number of halogens is 4. The fraction of sp³-hybridized carbons (Fsp3) is 0.133. The molecule has 0 aliphatic carbocycles. The maximum Gasteiger partial charge on any atom is 0.411 e. The lowest BCUT2D eigenvalue weighted by molar-refractivity contribution is 0.136. The molecule has 1 N–H and O–H groups in total. The summed E-state index contributed by atoms with van der Waals surface area (Å²) in [5.41, 5.74) is 0.619. The molecule has 0 radical (unpaired) electrons. The summed E-state index contributed by atoms with van der Waals surface area (Å²) >= 11 is 10.4. The second-order valence-electron chi connectivity index (χ2n) is 4.80. The van der Waals surface area contributed by atoms with Crippen LogP contribution in [0.1, 0.15) is 0 Å². The highest BCUT2D eigenvalue weighted by Gasteiger charge is 2.16. The number of nitrogens with zero attached hydrogens (tertiary/aromatic N) is 2. The number of anilines is 1. The Morgan fingerprint density at radius 2 is 2.15 bits per heavy atom. The third-order valence-electron chi connectivity index (χ3n) is 3.05. The van der Waals surface area contributed by atoms with Gasteiger partial charge in [-0.25, -0.2) is 19.2 Å². The van der Waals surface area contributed by atoms with Gasteiger partial charge in [0.25, 0.3) is 0 Å². The van der Waals surface area contributed by atoms with Gasteiger partial charge in [-0.1, -0.05) is 11.6 Å². The van der Waals surface area contributed by atoms with Crippen LogP contribution in [0.5, 0.6) is 5.75 Å². The number of thiazole rings is 1. The minimum atomic E-state index is -0.776. The second kappa shape index (κ2) is 8.11. The Balaban J connectivity index is 1.53. The molecule has 0 saturated heterocycles. The fourth-order valence-electron chi connectivity index (χ4n) is 1.95. The van der Waals surface area contributed by atoms with Crippen LogP contribution in [-0.4, -0.2) is 29.3 Å². The molecule has 2 aromatic heterocycles. The first-order chi connectivity index (χ1) is 12.4. The molecule has 3 aromatic rings. The van der Waals surface area contributed by atoms with E-state index in [0.29, 0.717) is 14.1 Å². The van der Waals surface area contributed by atoms with Crippen molar-refractivity contribution in [3.05, 3.63) is 45.1 Å². The predicted octanol–water partition coefficient (Wildman–Crippen LogP) is 5.01. The van der Waals surface area contributed by atoms with E-state index >= 15 is 0 Å². The minimum Gasteiger partial charge on any atom is -0.487 e. The molecule has 0 fully saturated rings. The number of amides is 1. The summed E-state index contributed by atoms with van der Waals surface area (Å²) in [6.45, 7) is -0.226. The molecule has 3 rings (SSSR count). The lowest BCUT2D eigenvalue weighted by atomic mass is 10.3. The van der Waals surface area contributed by atoms with E-state index in [2.05, 4.69) is 31.2 Å². The average molecular weight is 465 g/mol. The van der Waals surface area contributed by atoms with Crippen LogP contribution in [0.15, 0.2) is 28.3 Å². The van der Waals surface area contributed by atoms with Crippen molar-refractivity contribution in [2.75, 3.05) is 18.5 Å². The van der Waals surface area contributed by atoms with Crippen molar-refractivity contribution >= 4 is 60.9 Å². The van der Waals surface area contributed by atoms with E-state index in [1.807, 2.05) is 0 Å². The highest BCUT2D eigenvalue weighted by molar-refractivity contribution is 9.11. The lowest BCUT2D eigenvalue weighted by Crippen LogP contribution is -2.18. The Hall–Kier alpha value is -2.04. The number of benzene rings is 1. The number of hydrogen-bond acceptors (Lipinski definition) is 6. The molecule has 1 amide bonds. The molecule has 0 saturated carbocycles. The predicted molar refractivity (Wildman–Crippen MR) is 96.9 cm³/mol. The van der Waals surface area contributed by atoms with Crippen LogP contribution in [0.2, 0.25) is 5.02 Å². The van der Waals surface area contributed by atoms with Crippen LogP contribution >= 0.6 is 38.9 Å². The normalized spacial score (nSPS) is 10.8. The molecule has 6 nitrogen and oxygen atoms in total. The monoisotopic (exact) mass is 463 g/mol. The van der Waals surface area contributed by atoms with Gasteiger partial charge in [-0.3, -0.25) is 5.32 Å². The van der Waals surface area contributed by atoms with Crippen LogP contribution < -0.4 is 10.1 Å². The van der Waals surface area contributed by atoms with E-state index in [9.17, 15) is 13.6 Å². The zero-order chi connectivity index (χ0) is 18.7. The fourth-order valence-corrected chi connectivity index (χ4v) is 3.67.